The fourth-order valence-corrected chi connectivity index (χ4v) is 5.94. The molecule has 0 saturated carbocycles. The maximum absolute atomic E-state index is 14.7. The van der Waals surface area contributed by atoms with E-state index in [0.29, 0.717) is 20.7 Å². The van der Waals surface area contributed by atoms with Crippen molar-refractivity contribution in [2.45, 2.75) is 24.4 Å². The maximum Gasteiger partial charge on any atom is 0.433 e. The van der Waals surface area contributed by atoms with E-state index in [1.54, 1.807) is 42.5 Å². The Bertz CT molecular complexity index is 1790. The molecule has 2 heterocycles. The fourth-order valence-electron chi connectivity index (χ4n) is 4.45. The number of aromatic nitrogens is 3. The average Bonchev–Trinajstić information content (AvgIpc) is 3.55. The van der Waals surface area contributed by atoms with E-state index in [-0.39, 0.29) is 28.5 Å². The van der Waals surface area contributed by atoms with E-state index in [4.69, 9.17) is 5.14 Å². The average molecular weight is 599 g/mol. The third kappa shape index (κ3) is 5.99. The van der Waals surface area contributed by atoms with Gasteiger partial charge in [-0.1, -0.05) is 60.2 Å². The highest BCUT2D eigenvalue weighted by Crippen LogP contribution is 2.40. The summed E-state index contributed by atoms with van der Waals surface area (Å²) in [6, 6.07) is 21.1. The SMILES string of the molecule is Cc1ccc(-c2cccc(-c3nn(-c4nc(C(=O)O)cs4)c(C(F)(F)F)c3Cc3ccc([SH](C)(N)=O)cc3)c2)cc1. The highest BCUT2D eigenvalue weighted by atomic mass is 32.3. The zero-order valence-corrected chi connectivity index (χ0v) is 23.6. The fraction of sp³-hybridized carbons (Fsp3) is 0.138. The number of aromatic carboxylic acids is 1. The summed E-state index contributed by atoms with van der Waals surface area (Å²) < 4.78 is 57.2. The third-order valence-corrected chi connectivity index (χ3v) is 8.63. The van der Waals surface area contributed by atoms with Crippen LogP contribution in [-0.4, -0.2) is 36.3 Å². The van der Waals surface area contributed by atoms with Crippen LogP contribution in [0.15, 0.2) is 83.1 Å². The van der Waals surface area contributed by atoms with Crippen LogP contribution in [0.25, 0.3) is 27.5 Å². The number of halogens is 3. The van der Waals surface area contributed by atoms with Crippen LogP contribution in [0.1, 0.15) is 32.9 Å². The summed E-state index contributed by atoms with van der Waals surface area (Å²) in [6.45, 7) is 1.96. The van der Waals surface area contributed by atoms with Gasteiger partial charge in [0.25, 0.3) is 0 Å². The van der Waals surface area contributed by atoms with Crippen LogP contribution in [0.3, 0.4) is 0 Å². The van der Waals surface area contributed by atoms with E-state index in [0.717, 1.165) is 28.0 Å². The van der Waals surface area contributed by atoms with Crippen molar-refractivity contribution >= 4 is 27.4 Å². The normalized spacial score (nSPS) is 12.4. The molecule has 212 valence electrons. The van der Waals surface area contributed by atoms with Crippen LogP contribution in [-0.2, 0) is 22.7 Å². The van der Waals surface area contributed by atoms with Crippen molar-refractivity contribution in [1.29, 1.82) is 0 Å². The van der Waals surface area contributed by atoms with Crippen LogP contribution < -0.4 is 5.14 Å². The number of aryl methyl sites for hydroxylation is 1. The van der Waals surface area contributed by atoms with Crippen molar-refractivity contribution in [1.82, 2.24) is 14.8 Å². The zero-order valence-electron chi connectivity index (χ0n) is 21.9. The molecule has 5 aromatic rings. The summed E-state index contributed by atoms with van der Waals surface area (Å²) in [4.78, 5) is 15.7. The highest BCUT2D eigenvalue weighted by molar-refractivity contribution is 8.00. The highest BCUT2D eigenvalue weighted by Gasteiger charge is 2.41. The minimum absolute atomic E-state index is 0.0856. The smallest absolute Gasteiger partial charge is 0.433 e. The number of alkyl halides is 3. The number of thiol groups is 1. The van der Waals surface area contributed by atoms with Gasteiger partial charge < -0.3 is 5.11 Å². The van der Waals surface area contributed by atoms with E-state index in [1.807, 2.05) is 37.3 Å². The molecule has 0 amide bonds. The number of rotatable bonds is 7. The quantitative estimate of drug-likeness (QED) is 0.195. The maximum atomic E-state index is 14.7. The Labute approximate surface area is 238 Å². The predicted molar refractivity (Wildman–Crippen MR) is 154 cm³/mol. The first-order valence-electron chi connectivity index (χ1n) is 12.3. The summed E-state index contributed by atoms with van der Waals surface area (Å²) in [6.07, 6.45) is -3.60. The Morgan fingerprint density at radius 3 is 2.27 bits per heavy atom. The van der Waals surface area contributed by atoms with Crippen molar-refractivity contribution in [3.05, 3.63) is 106 Å². The van der Waals surface area contributed by atoms with Crippen molar-refractivity contribution in [2.75, 3.05) is 6.26 Å². The van der Waals surface area contributed by atoms with Crippen molar-refractivity contribution in [2.24, 2.45) is 5.14 Å². The Morgan fingerprint density at radius 1 is 1.02 bits per heavy atom. The lowest BCUT2D eigenvalue weighted by molar-refractivity contribution is -0.143. The van der Waals surface area contributed by atoms with Gasteiger partial charge in [0.1, 0.15) is 0 Å². The molecule has 0 spiro atoms. The summed E-state index contributed by atoms with van der Waals surface area (Å²) in [5, 5.41) is 20.4. The molecule has 0 aliphatic carbocycles. The molecule has 3 aromatic carbocycles. The van der Waals surface area contributed by atoms with Gasteiger partial charge in [0.2, 0.25) is 5.13 Å². The monoisotopic (exact) mass is 598 g/mol. The first-order chi connectivity index (χ1) is 19.3. The summed E-state index contributed by atoms with van der Waals surface area (Å²) >= 11 is 0.754. The van der Waals surface area contributed by atoms with E-state index >= 15 is 0 Å². The molecule has 12 heteroatoms. The first kappa shape index (κ1) is 28.4. The van der Waals surface area contributed by atoms with Gasteiger partial charge in [-0.15, -0.1) is 11.3 Å². The molecule has 0 atom stereocenters. The minimum atomic E-state index is -4.85. The number of carboxylic acids is 1. The van der Waals surface area contributed by atoms with Crippen LogP contribution in [0.5, 0.6) is 0 Å². The molecular weight excluding hydrogens is 573 g/mol. The Hall–Kier alpha value is -4.13. The van der Waals surface area contributed by atoms with Crippen LogP contribution in [0, 0.1) is 6.92 Å². The number of carbonyl (C=O) groups is 1. The summed E-state index contributed by atoms with van der Waals surface area (Å²) in [5.41, 5.74) is 2.29. The zero-order chi connectivity index (χ0) is 29.5. The third-order valence-electron chi connectivity index (χ3n) is 6.50. The topological polar surface area (TPSA) is 111 Å². The molecule has 5 rings (SSSR count). The Kier molecular flexibility index (Phi) is 7.41. The number of hydrogen-bond donors (Lipinski definition) is 3. The van der Waals surface area contributed by atoms with Crippen LogP contribution in [0.4, 0.5) is 13.2 Å². The summed E-state index contributed by atoms with van der Waals surface area (Å²) in [7, 11) is -3.04. The van der Waals surface area contributed by atoms with Gasteiger partial charge in [-0.25, -0.2) is 14.5 Å². The second-order valence-corrected chi connectivity index (χ2v) is 13.0. The molecule has 0 saturated heterocycles. The molecule has 3 N–H and O–H groups in total. The standard InChI is InChI=1S/C29H25F3N4O3S2/c1-17-6-10-19(11-7-17)20-4-3-5-21(15-20)25-23(14-18-8-12-22(13-9-18)41(2,33)39)26(29(30,31)32)36(35-25)28-34-24(16-40-28)27(37)38/h3-13,15-16,41H,14H2,1-2H3,(H2,33,39)(H,37,38). The number of nitrogens with two attached hydrogens (primary N) is 1. The first-order valence-corrected chi connectivity index (χ1v) is 15.4. The molecule has 2 aromatic heterocycles. The van der Waals surface area contributed by atoms with E-state index < -0.39 is 28.0 Å². The van der Waals surface area contributed by atoms with E-state index in [2.05, 4.69) is 10.1 Å². The lowest BCUT2D eigenvalue weighted by Gasteiger charge is -2.14. The summed E-state index contributed by atoms with van der Waals surface area (Å²) in [5.74, 6) is -1.35. The minimum Gasteiger partial charge on any atom is -0.476 e. The van der Waals surface area contributed by atoms with Gasteiger partial charge in [-0.3, -0.25) is 9.35 Å². The van der Waals surface area contributed by atoms with Gasteiger partial charge in [-0.05, 0) is 51.9 Å². The van der Waals surface area contributed by atoms with Crippen LogP contribution >= 0.6 is 11.3 Å². The number of thiazole rings is 1. The second-order valence-electron chi connectivity index (χ2n) is 9.69. The Balaban J connectivity index is 1.71. The molecule has 0 bridgehead atoms. The molecule has 0 radical (unpaired) electrons. The number of hydrogen-bond acceptors (Lipinski definition) is 5. The van der Waals surface area contributed by atoms with E-state index in [9.17, 15) is 27.3 Å². The number of nitrogens with zero attached hydrogens (tertiary/aromatic N) is 3. The Morgan fingerprint density at radius 2 is 1.68 bits per heavy atom. The molecule has 7 nitrogen and oxygen atoms in total. The van der Waals surface area contributed by atoms with Gasteiger partial charge in [0.15, 0.2) is 11.4 Å². The van der Waals surface area contributed by atoms with Crippen molar-refractivity contribution in [3.8, 4) is 27.5 Å². The van der Waals surface area contributed by atoms with Crippen LogP contribution in [0.2, 0.25) is 0 Å². The van der Waals surface area contributed by atoms with Gasteiger partial charge in [-0.2, -0.15) is 18.3 Å². The largest absolute Gasteiger partial charge is 0.476 e. The van der Waals surface area contributed by atoms with Crippen molar-refractivity contribution in [3.63, 3.8) is 0 Å². The van der Waals surface area contributed by atoms with E-state index in [1.165, 1.54) is 11.6 Å². The molecular formula is C29H25F3N4O3S2. The molecule has 41 heavy (non-hydrogen) atoms. The van der Waals surface area contributed by atoms with Gasteiger partial charge in [0.05, 0.1) is 5.69 Å². The predicted octanol–water partition coefficient (Wildman–Crippen LogP) is 6.16. The molecule has 0 aliphatic rings. The lowest BCUT2D eigenvalue weighted by Crippen LogP contribution is -2.20. The lowest BCUT2D eigenvalue weighted by atomic mass is 9.96. The second kappa shape index (κ2) is 10.7. The molecule has 0 aliphatic heterocycles. The van der Waals surface area contributed by atoms with Crippen molar-refractivity contribution < 1.29 is 27.3 Å². The number of benzene rings is 3. The number of carboxylic acid groups (broad SMARTS) is 1. The molecule has 0 fully saturated rings. The molecule has 0 unspecified atom stereocenters. The van der Waals surface area contributed by atoms with Gasteiger partial charge in [0, 0.05) is 34.1 Å². The van der Waals surface area contributed by atoms with Gasteiger partial charge >= 0.3 is 12.1 Å².